The minimum Gasteiger partial charge on any atom is -0.352 e. The van der Waals surface area contributed by atoms with Gasteiger partial charge in [0, 0.05) is 18.8 Å². The Bertz CT molecular complexity index is 1020. The molecule has 142 valence electrons. The van der Waals surface area contributed by atoms with Crippen molar-refractivity contribution in [3.63, 3.8) is 0 Å². The Morgan fingerprint density at radius 3 is 2.56 bits per heavy atom. The van der Waals surface area contributed by atoms with E-state index in [0.29, 0.717) is 24.0 Å². The number of para-hydroxylation sites is 1. The summed E-state index contributed by atoms with van der Waals surface area (Å²) in [5, 5.41) is 3.46. The van der Waals surface area contributed by atoms with Crippen LogP contribution in [0.3, 0.4) is 0 Å². The van der Waals surface area contributed by atoms with Crippen LogP contribution in [-0.2, 0) is 11.3 Å². The Balaban J connectivity index is 1.79. The van der Waals surface area contributed by atoms with Gasteiger partial charge in [0.15, 0.2) is 0 Å². The molecule has 0 fully saturated rings. The summed E-state index contributed by atoms with van der Waals surface area (Å²) in [5.41, 5.74) is 2.50. The lowest BCUT2D eigenvalue weighted by molar-refractivity contribution is -0.125. The van der Waals surface area contributed by atoms with Crippen molar-refractivity contribution >= 4 is 16.8 Å². The van der Waals surface area contributed by atoms with Gasteiger partial charge in [-0.2, -0.15) is 0 Å². The lowest BCUT2D eigenvalue weighted by Crippen LogP contribution is -2.41. The number of nitrogens with zero attached hydrogens (tertiary/aromatic N) is 4. The molecular formula is C20H25N5O2. The van der Waals surface area contributed by atoms with Crippen LogP contribution in [0.5, 0.6) is 0 Å². The zero-order valence-corrected chi connectivity index (χ0v) is 16.1. The third-order valence-electron chi connectivity index (χ3n) is 4.89. The molecule has 1 N–H and O–H groups in total. The minimum atomic E-state index is -0.611. The molecule has 0 bridgehead atoms. The summed E-state index contributed by atoms with van der Waals surface area (Å²) < 4.78 is 3.44. The number of rotatable bonds is 6. The van der Waals surface area contributed by atoms with E-state index in [2.05, 4.69) is 15.3 Å². The molecule has 2 aromatic heterocycles. The molecular weight excluding hydrogens is 342 g/mol. The van der Waals surface area contributed by atoms with Crippen LogP contribution in [0.1, 0.15) is 31.3 Å². The summed E-state index contributed by atoms with van der Waals surface area (Å²) in [5.74, 6) is -0.235. The first-order valence-corrected chi connectivity index (χ1v) is 9.12. The molecule has 0 saturated carbocycles. The van der Waals surface area contributed by atoms with Crippen LogP contribution < -0.4 is 10.9 Å². The summed E-state index contributed by atoms with van der Waals surface area (Å²) in [6, 6.07) is 6.56. The molecule has 0 aliphatic heterocycles. The second-order valence-corrected chi connectivity index (χ2v) is 7.06. The Labute approximate surface area is 158 Å². The van der Waals surface area contributed by atoms with E-state index in [0.717, 1.165) is 11.4 Å². The van der Waals surface area contributed by atoms with Gasteiger partial charge in [-0.1, -0.05) is 26.0 Å². The first kappa shape index (κ1) is 18.8. The van der Waals surface area contributed by atoms with Crippen LogP contribution >= 0.6 is 0 Å². The molecule has 2 heterocycles. The molecule has 7 nitrogen and oxygen atoms in total. The van der Waals surface area contributed by atoms with Gasteiger partial charge in [0.25, 0.3) is 5.56 Å². The van der Waals surface area contributed by atoms with E-state index in [1.54, 1.807) is 24.5 Å². The van der Waals surface area contributed by atoms with Crippen molar-refractivity contribution in [1.82, 2.24) is 24.4 Å². The van der Waals surface area contributed by atoms with Gasteiger partial charge in [-0.3, -0.25) is 14.2 Å². The van der Waals surface area contributed by atoms with Crippen molar-refractivity contribution < 1.29 is 4.79 Å². The quantitative estimate of drug-likeness (QED) is 0.724. The standard InChI is InChI=1S/C20H25N5O2/c1-13(2)18(19(26)21-9-10-24-11-22-14(3)15(24)4)25-12-23-17-8-6-5-7-16(17)20(25)27/h5-8,11-13,18H,9-10H2,1-4H3,(H,21,26). The van der Waals surface area contributed by atoms with E-state index in [9.17, 15) is 9.59 Å². The maximum absolute atomic E-state index is 12.9. The Morgan fingerprint density at radius 2 is 1.89 bits per heavy atom. The third kappa shape index (κ3) is 3.77. The zero-order chi connectivity index (χ0) is 19.6. The average Bonchev–Trinajstić information content (AvgIpc) is 2.96. The van der Waals surface area contributed by atoms with E-state index in [1.807, 2.05) is 38.3 Å². The van der Waals surface area contributed by atoms with Crippen molar-refractivity contribution in [3.05, 3.63) is 58.7 Å². The van der Waals surface area contributed by atoms with Crippen LogP contribution in [0, 0.1) is 19.8 Å². The first-order valence-electron chi connectivity index (χ1n) is 9.12. The van der Waals surface area contributed by atoms with Crippen molar-refractivity contribution in [2.75, 3.05) is 6.54 Å². The summed E-state index contributed by atoms with van der Waals surface area (Å²) in [4.78, 5) is 34.3. The van der Waals surface area contributed by atoms with Crippen LogP contribution in [-0.4, -0.2) is 31.6 Å². The number of aryl methyl sites for hydroxylation is 1. The molecule has 27 heavy (non-hydrogen) atoms. The number of carbonyl (C=O) groups excluding carboxylic acids is 1. The van der Waals surface area contributed by atoms with Gasteiger partial charge < -0.3 is 9.88 Å². The minimum absolute atomic E-state index is 0.0529. The molecule has 3 aromatic rings. The molecule has 0 saturated heterocycles. The molecule has 1 aromatic carbocycles. The van der Waals surface area contributed by atoms with Gasteiger partial charge in [-0.25, -0.2) is 9.97 Å². The van der Waals surface area contributed by atoms with E-state index in [4.69, 9.17) is 0 Å². The average molecular weight is 367 g/mol. The van der Waals surface area contributed by atoms with Crippen molar-refractivity contribution in [3.8, 4) is 0 Å². The SMILES string of the molecule is Cc1ncn(CCNC(=O)C(C(C)C)n2cnc3ccccc3c2=O)c1C. The van der Waals surface area contributed by atoms with Gasteiger partial charge in [0.1, 0.15) is 6.04 Å². The molecule has 0 aliphatic carbocycles. The monoisotopic (exact) mass is 367 g/mol. The highest BCUT2D eigenvalue weighted by molar-refractivity contribution is 5.82. The topological polar surface area (TPSA) is 81.8 Å². The largest absolute Gasteiger partial charge is 0.352 e. The summed E-state index contributed by atoms with van der Waals surface area (Å²) in [6.07, 6.45) is 3.24. The molecule has 0 aliphatic rings. The van der Waals surface area contributed by atoms with E-state index in [1.165, 1.54) is 10.9 Å². The number of hydrogen-bond acceptors (Lipinski definition) is 4. The second kappa shape index (κ2) is 7.73. The number of fused-ring (bicyclic) bond motifs is 1. The van der Waals surface area contributed by atoms with Crippen LogP contribution in [0.4, 0.5) is 0 Å². The molecule has 7 heteroatoms. The van der Waals surface area contributed by atoms with Gasteiger partial charge in [0.2, 0.25) is 5.91 Å². The fourth-order valence-corrected chi connectivity index (χ4v) is 3.21. The fraction of sp³-hybridized carbons (Fsp3) is 0.400. The number of nitrogens with one attached hydrogen (secondary N) is 1. The van der Waals surface area contributed by atoms with Crippen molar-refractivity contribution in [2.45, 2.75) is 40.3 Å². The molecule has 1 unspecified atom stereocenters. The highest BCUT2D eigenvalue weighted by atomic mass is 16.2. The van der Waals surface area contributed by atoms with Crippen molar-refractivity contribution in [2.24, 2.45) is 5.92 Å². The number of benzene rings is 1. The maximum atomic E-state index is 12.9. The highest BCUT2D eigenvalue weighted by Crippen LogP contribution is 2.17. The van der Waals surface area contributed by atoms with Gasteiger partial charge in [0.05, 0.1) is 29.3 Å². The third-order valence-corrected chi connectivity index (χ3v) is 4.89. The number of carbonyl (C=O) groups is 1. The van der Waals surface area contributed by atoms with E-state index in [-0.39, 0.29) is 17.4 Å². The molecule has 1 atom stereocenters. The van der Waals surface area contributed by atoms with E-state index < -0.39 is 6.04 Å². The van der Waals surface area contributed by atoms with Gasteiger partial charge >= 0.3 is 0 Å². The smallest absolute Gasteiger partial charge is 0.261 e. The van der Waals surface area contributed by atoms with Gasteiger partial charge in [-0.15, -0.1) is 0 Å². The molecule has 1 amide bonds. The van der Waals surface area contributed by atoms with Gasteiger partial charge in [-0.05, 0) is 31.9 Å². The fourth-order valence-electron chi connectivity index (χ4n) is 3.21. The highest BCUT2D eigenvalue weighted by Gasteiger charge is 2.25. The maximum Gasteiger partial charge on any atom is 0.261 e. The normalized spacial score (nSPS) is 12.5. The first-order chi connectivity index (χ1) is 12.9. The zero-order valence-electron chi connectivity index (χ0n) is 16.1. The summed E-state index contributed by atoms with van der Waals surface area (Å²) in [6.45, 7) is 8.91. The predicted molar refractivity (Wildman–Crippen MR) is 105 cm³/mol. The Kier molecular flexibility index (Phi) is 5.39. The van der Waals surface area contributed by atoms with Crippen molar-refractivity contribution in [1.29, 1.82) is 0 Å². The molecule has 3 rings (SSSR count). The Hall–Kier alpha value is -2.96. The number of amides is 1. The van der Waals surface area contributed by atoms with Crippen LogP contribution in [0.25, 0.3) is 10.9 Å². The summed E-state index contributed by atoms with van der Waals surface area (Å²) in [7, 11) is 0. The Morgan fingerprint density at radius 1 is 1.15 bits per heavy atom. The van der Waals surface area contributed by atoms with E-state index >= 15 is 0 Å². The molecule has 0 spiro atoms. The second-order valence-electron chi connectivity index (χ2n) is 7.06. The lowest BCUT2D eigenvalue weighted by atomic mass is 10.0. The number of aromatic nitrogens is 4. The summed E-state index contributed by atoms with van der Waals surface area (Å²) >= 11 is 0. The predicted octanol–water partition coefficient (Wildman–Crippen LogP) is 2.22. The number of imidazole rings is 1. The molecule has 0 radical (unpaired) electrons. The number of hydrogen-bond donors (Lipinski definition) is 1. The van der Waals surface area contributed by atoms with Crippen LogP contribution in [0.2, 0.25) is 0 Å². The van der Waals surface area contributed by atoms with Crippen LogP contribution in [0.15, 0.2) is 41.7 Å². The lowest BCUT2D eigenvalue weighted by Gasteiger charge is -2.22.